The number of esters is 1. The molecule has 0 aliphatic heterocycles. The quantitative estimate of drug-likeness (QED) is 0.726. The third-order valence-corrected chi connectivity index (χ3v) is 2.68. The first-order valence-electron chi connectivity index (χ1n) is 6.35. The number of pyridine rings is 1. The van der Waals surface area contributed by atoms with Crippen LogP contribution in [0.4, 0.5) is 0 Å². The average molecular weight is 250 g/mol. The summed E-state index contributed by atoms with van der Waals surface area (Å²) in [5, 5.41) is 0. The van der Waals surface area contributed by atoms with Crippen molar-refractivity contribution in [1.29, 1.82) is 0 Å². The molecule has 0 N–H and O–H groups in total. The van der Waals surface area contributed by atoms with Gasteiger partial charge in [0.05, 0.1) is 18.8 Å². The topological polar surface area (TPSA) is 42.4 Å². The number of nitrogens with zero attached hydrogens (tertiary/aromatic N) is 2. The molecule has 0 saturated carbocycles. The third kappa shape index (κ3) is 4.84. The average Bonchev–Trinajstić information content (AvgIpc) is 2.28. The first-order valence-corrected chi connectivity index (χ1v) is 6.35. The van der Waals surface area contributed by atoms with E-state index in [-0.39, 0.29) is 12.0 Å². The molecular weight excluding hydrogens is 228 g/mol. The molecule has 1 aromatic heterocycles. The van der Waals surface area contributed by atoms with Gasteiger partial charge in [0, 0.05) is 18.3 Å². The minimum absolute atomic E-state index is 0.182. The van der Waals surface area contributed by atoms with Gasteiger partial charge in [0.25, 0.3) is 0 Å². The van der Waals surface area contributed by atoms with Gasteiger partial charge < -0.3 is 4.74 Å². The van der Waals surface area contributed by atoms with Crippen LogP contribution in [0.2, 0.25) is 0 Å². The molecule has 0 aliphatic rings. The monoisotopic (exact) mass is 250 g/mol. The summed E-state index contributed by atoms with van der Waals surface area (Å²) >= 11 is 0. The van der Waals surface area contributed by atoms with Gasteiger partial charge in [0.1, 0.15) is 0 Å². The van der Waals surface area contributed by atoms with E-state index < -0.39 is 0 Å². The molecule has 0 bridgehead atoms. The third-order valence-electron chi connectivity index (χ3n) is 2.68. The molecule has 0 amide bonds. The Bertz CT molecular complexity index is 391. The van der Waals surface area contributed by atoms with Crippen molar-refractivity contribution in [2.75, 3.05) is 13.2 Å². The molecule has 100 valence electrons. The van der Waals surface area contributed by atoms with Crippen molar-refractivity contribution in [3.8, 4) is 0 Å². The zero-order chi connectivity index (χ0) is 13.5. The van der Waals surface area contributed by atoms with E-state index >= 15 is 0 Å². The summed E-state index contributed by atoms with van der Waals surface area (Å²) in [6.45, 7) is 9.31. The van der Waals surface area contributed by atoms with Gasteiger partial charge in [0.2, 0.25) is 0 Å². The fourth-order valence-electron chi connectivity index (χ4n) is 1.69. The molecule has 1 heterocycles. The van der Waals surface area contributed by atoms with Crippen LogP contribution in [0.5, 0.6) is 0 Å². The summed E-state index contributed by atoms with van der Waals surface area (Å²) in [5.41, 5.74) is 1.97. The largest absolute Gasteiger partial charge is 0.465 e. The number of rotatable bonds is 6. The van der Waals surface area contributed by atoms with E-state index in [9.17, 15) is 4.79 Å². The smallest absolute Gasteiger partial charge is 0.320 e. The van der Waals surface area contributed by atoms with E-state index in [1.165, 1.54) is 0 Å². The number of hydrogen-bond acceptors (Lipinski definition) is 4. The van der Waals surface area contributed by atoms with Gasteiger partial charge in [-0.25, -0.2) is 0 Å². The molecule has 0 fully saturated rings. The molecule has 1 aromatic rings. The SMILES string of the molecule is CCOC(=O)CN(Cc1cccc(C)n1)C(C)C. The Morgan fingerprint density at radius 1 is 1.44 bits per heavy atom. The van der Waals surface area contributed by atoms with E-state index in [1.807, 2.05) is 32.0 Å². The standard InChI is InChI=1S/C14H22N2O2/c1-5-18-14(17)10-16(11(2)3)9-13-8-6-7-12(4)15-13/h6-8,11H,5,9-10H2,1-4H3. The van der Waals surface area contributed by atoms with Gasteiger partial charge in [-0.1, -0.05) is 6.07 Å². The number of ether oxygens (including phenoxy) is 1. The van der Waals surface area contributed by atoms with Crippen molar-refractivity contribution in [2.45, 2.75) is 40.3 Å². The number of hydrogen-bond donors (Lipinski definition) is 0. The van der Waals surface area contributed by atoms with Gasteiger partial charge >= 0.3 is 5.97 Å². The van der Waals surface area contributed by atoms with Crippen molar-refractivity contribution >= 4 is 5.97 Å². The van der Waals surface area contributed by atoms with Crippen LogP contribution in [0.3, 0.4) is 0 Å². The lowest BCUT2D eigenvalue weighted by molar-refractivity contribution is -0.145. The van der Waals surface area contributed by atoms with Gasteiger partial charge in [-0.2, -0.15) is 0 Å². The van der Waals surface area contributed by atoms with Crippen LogP contribution in [0, 0.1) is 6.92 Å². The molecule has 4 heteroatoms. The highest BCUT2D eigenvalue weighted by Gasteiger charge is 2.15. The molecule has 1 rings (SSSR count). The predicted molar refractivity (Wildman–Crippen MR) is 71.2 cm³/mol. The molecule has 4 nitrogen and oxygen atoms in total. The maximum atomic E-state index is 11.5. The van der Waals surface area contributed by atoms with Crippen molar-refractivity contribution in [1.82, 2.24) is 9.88 Å². The lowest BCUT2D eigenvalue weighted by Crippen LogP contribution is -2.36. The number of carbonyl (C=O) groups is 1. The maximum absolute atomic E-state index is 11.5. The van der Waals surface area contributed by atoms with E-state index in [1.54, 1.807) is 0 Å². The Morgan fingerprint density at radius 3 is 2.72 bits per heavy atom. The van der Waals surface area contributed by atoms with Crippen LogP contribution in [0.25, 0.3) is 0 Å². The van der Waals surface area contributed by atoms with Crippen LogP contribution < -0.4 is 0 Å². The van der Waals surface area contributed by atoms with Gasteiger partial charge in [-0.05, 0) is 39.8 Å². The minimum Gasteiger partial charge on any atom is -0.465 e. The maximum Gasteiger partial charge on any atom is 0.320 e. The molecule has 0 saturated heterocycles. The highest BCUT2D eigenvalue weighted by Crippen LogP contribution is 2.07. The van der Waals surface area contributed by atoms with E-state index in [0.717, 1.165) is 11.4 Å². The summed E-state index contributed by atoms with van der Waals surface area (Å²) in [4.78, 5) is 18.0. The zero-order valence-electron chi connectivity index (χ0n) is 11.6. The Kier molecular flexibility index (Phi) is 5.78. The Hall–Kier alpha value is -1.42. The lowest BCUT2D eigenvalue weighted by atomic mass is 10.2. The summed E-state index contributed by atoms with van der Waals surface area (Å²) in [6.07, 6.45) is 0. The summed E-state index contributed by atoms with van der Waals surface area (Å²) in [5.74, 6) is -0.182. The first-order chi connectivity index (χ1) is 8.52. The van der Waals surface area contributed by atoms with E-state index in [2.05, 4.69) is 23.7 Å². The predicted octanol–water partition coefficient (Wildman–Crippen LogP) is 2.16. The van der Waals surface area contributed by atoms with Crippen molar-refractivity contribution < 1.29 is 9.53 Å². The van der Waals surface area contributed by atoms with E-state index in [4.69, 9.17) is 4.74 Å². The number of aryl methyl sites for hydroxylation is 1. The summed E-state index contributed by atoms with van der Waals surface area (Å²) in [7, 11) is 0. The molecule has 0 atom stereocenters. The summed E-state index contributed by atoms with van der Waals surface area (Å²) < 4.78 is 4.98. The molecule has 0 aromatic carbocycles. The Balaban J connectivity index is 2.66. The van der Waals surface area contributed by atoms with Crippen LogP contribution >= 0.6 is 0 Å². The van der Waals surface area contributed by atoms with Crippen molar-refractivity contribution in [3.05, 3.63) is 29.6 Å². The van der Waals surface area contributed by atoms with Gasteiger partial charge in [0.15, 0.2) is 0 Å². The van der Waals surface area contributed by atoms with E-state index in [0.29, 0.717) is 19.7 Å². The van der Waals surface area contributed by atoms with Crippen molar-refractivity contribution in [3.63, 3.8) is 0 Å². The second-order valence-electron chi connectivity index (χ2n) is 4.57. The number of aromatic nitrogens is 1. The highest BCUT2D eigenvalue weighted by molar-refractivity contribution is 5.71. The molecule has 0 spiro atoms. The fraction of sp³-hybridized carbons (Fsp3) is 0.571. The van der Waals surface area contributed by atoms with Gasteiger partial charge in [-0.15, -0.1) is 0 Å². The molecular formula is C14H22N2O2. The van der Waals surface area contributed by atoms with Crippen LogP contribution in [0.15, 0.2) is 18.2 Å². The zero-order valence-corrected chi connectivity index (χ0v) is 11.6. The lowest BCUT2D eigenvalue weighted by Gasteiger charge is -2.25. The van der Waals surface area contributed by atoms with Gasteiger partial charge in [-0.3, -0.25) is 14.7 Å². The molecule has 0 aliphatic carbocycles. The molecule has 0 radical (unpaired) electrons. The number of carbonyl (C=O) groups excluding carboxylic acids is 1. The van der Waals surface area contributed by atoms with Crippen LogP contribution in [0.1, 0.15) is 32.2 Å². The second-order valence-corrected chi connectivity index (χ2v) is 4.57. The minimum atomic E-state index is -0.182. The highest BCUT2D eigenvalue weighted by atomic mass is 16.5. The fourth-order valence-corrected chi connectivity index (χ4v) is 1.69. The second kappa shape index (κ2) is 7.11. The Morgan fingerprint density at radius 2 is 2.17 bits per heavy atom. The Labute approximate surface area is 109 Å². The molecule has 18 heavy (non-hydrogen) atoms. The normalized spacial score (nSPS) is 11.0. The first kappa shape index (κ1) is 14.6. The van der Waals surface area contributed by atoms with Crippen LogP contribution in [-0.2, 0) is 16.1 Å². The molecule has 0 unspecified atom stereocenters. The summed E-state index contributed by atoms with van der Waals surface area (Å²) in [6, 6.07) is 6.21. The van der Waals surface area contributed by atoms with Crippen molar-refractivity contribution in [2.24, 2.45) is 0 Å². The van der Waals surface area contributed by atoms with Crippen LogP contribution in [-0.4, -0.2) is 35.0 Å².